The van der Waals surface area contributed by atoms with Gasteiger partial charge in [0.15, 0.2) is 0 Å². The minimum absolute atomic E-state index is 0.0890. The maximum absolute atomic E-state index is 12.5. The van der Waals surface area contributed by atoms with Crippen LogP contribution in [0.25, 0.3) is 11.0 Å². The molecule has 8 heteroatoms. The molecule has 0 radical (unpaired) electrons. The van der Waals surface area contributed by atoms with Gasteiger partial charge in [0.05, 0.1) is 23.2 Å². The molecule has 8 nitrogen and oxygen atoms in total. The van der Waals surface area contributed by atoms with Crippen LogP contribution in [0.5, 0.6) is 5.88 Å². The van der Waals surface area contributed by atoms with E-state index in [1.54, 1.807) is 31.4 Å². The van der Waals surface area contributed by atoms with Crippen LogP contribution in [0.15, 0.2) is 41.3 Å². The number of ether oxygens (including phenoxy) is 2. The van der Waals surface area contributed by atoms with Gasteiger partial charge >= 0.3 is 5.69 Å². The molecule has 2 aromatic heterocycles. The summed E-state index contributed by atoms with van der Waals surface area (Å²) in [5.74, 6) is 0.359. The fourth-order valence-electron chi connectivity index (χ4n) is 3.70. The summed E-state index contributed by atoms with van der Waals surface area (Å²) >= 11 is 0. The molecule has 1 aliphatic heterocycles. The first-order valence-corrected chi connectivity index (χ1v) is 10.0. The zero-order valence-electron chi connectivity index (χ0n) is 17.4. The van der Waals surface area contributed by atoms with Crippen LogP contribution in [-0.2, 0) is 18.3 Å². The number of nitrogens with zero attached hydrogens (tertiary/aromatic N) is 2. The van der Waals surface area contributed by atoms with E-state index in [-0.39, 0.29) is 23.3 Å². The molecule has 3 aromatic rings. The van der Waals surface area contributed by atoms with Gasteiger partial charge in [-0.1, -0.05) is 6.07 Å². The van der Waals surface area contributed by atoms with Crippen LogP contribution in [0.2, 0.25) is 0 Å². The number of fused-ring (bicyclic) bond motifs is 1. The lowest BCUT2D eigenvalue weighted by molar-refractivity contribution is -0.0904. The van der Waals surface area contributed by atoms with Gasteiger partial charge in [0, 0.05) is 44.3 Å². The summed E-state index contributed by atoms with van der Waals surface area (Å²) in [7, 11) is 1.68. The number of aromatic amines is 1. The van der Waals surface area contributed by atoms with Crippen molar-refractivity contribution in [2.45, 2.75) is 44.9 Å². The van der Waals surface area contributed by atoms with Crippen LogP contribution in [0.1, 0.15) is 42.6 Å². The Morgan fingerprint density at radius 2 is 2.20 bits per heavy atom. The van der Waals surface area contributed by atoms with Crippen molar-refractivity contribution in [2.75, 3.05) is 6.61 Å². The van der Waals surface area contributed by atoms with Gasteiger partial charge in [-0.3, -0.25) is 9.36 Å². The molecule has 3 heterocycles. The summed E-state index contributed by atoms with van der Waals surface area (Å²) in [6.45, 7) is 5.16. The minimum Gasteiger partial charge on any atom is -0.474 e. The molecule has 1 amide bonds. The Hall–Kier alpha value is -3.13. The Kier molecular flexibility index (Phi) is 5.34. The van der Waals surface area contributed by atoms with E-state index in [2.05, 4.69) is 29.1 Å². The van der Waals surface area contributed by atoms with Crippen molar-refractivity contribution in [3.63, 3.8) is 0 Å². The number of amides is 1. The average Bonchev–Trinajstić information content (AvgIpc) is 2.99. The Bertz CT molecular complexity index is 1110. The van der Waals surface area contributed by atoms with Crippen molar-refractivity contribution in [3.8, 4) is 5.88 Å². The number of imidazole rings is 1. The van der Waals surface area contributed by atoms with E-state index in [4.69, 9.17) is 9.47 Å². The number of hydrogen-bond acceptors (Lipinski definition) is 5. The van der Waals surface area contributed by atoms with Crippen LogP contribution in [0, 0.1) is 0 Å². The summed E-state index contributed by atoms with van der Waals surface area (Å²) < 4.78 is 13.2. The van der Waals surface area contributed by atoms with E-state index in [1.165, 1.54) is 4.57 Å². The topological polar surface area (TPSA) is 98.2 Å². The van der Waals surface area contributed by atoms with Crippen LogP contribution in [0.3, 0.4) is 0 Å². The zero-order chi connectivity index (χ0) is 21.3. The van der Waals surface area contributed by atoms with Gasteiger partial charge in [-0.05, 0) is 37.6 Å². The third-order valence-corrected chi connectivity index (χ3v) is 5.36. The molecular formula is C22H26N4O4. The molecule has 0 bridgehead atoms. The number of aryl methyl sites for hydroxylation is 1. The highest BCUT2D eigenvalue weighted by Crippen LogP contribution is 2.26. The molecule has 158 valence electrons. The highest BCUT2D eigenvalue weighted by molar-refractivity contribution is 5.97. The number of pyridine rings is 1. The second kappa shape index (κ2) is 7.95. The largest absolute Gasteiger partial charge is 0.474 e. The number of benzene rings is 1. The molecule has 30 heavy (non-hydrogen) atoms. The number of carbonyl (C=O) groups is 1. The third kappa shape index (κ3) is 4.38. The summed E-state index contributed by atoms with van der Waals surface area (Å²) in [5, 5.41) is 2.88. The molecule has 0 aliphatic carbocycles. The highest BCUT2D eigenvalue weighted by atomic mass is 16.5. The normalized spacial score (nSPS) is 18.3. The van der Waals surface area contributed by atoms with Crippen molar-refractivity contribution in [1.29, 1.82) is 0 Å². The number of rotatable bonds is 5. The number of carbonyl (C=O) groups excluding carboxylic acids is 1. The van der Waals surface area contributed by atoms with E-state index in [0.717, 1.165) is 23.9 Å². The van der Waals surface area contributed by atoms with Gasteiger partial charge < -0.3 is 19.8 Å². The summed E-state index contributed by atoms with van der Waals surface area (Å²) in [6, 6.07) is 8.86. The highest BCUT2D eigenvalue weighted by Gasteiger charge is 2.30. The van der Waals surface area contributed by atoms with Gasteiger partial charge in [-0.2, -0.15) is 0 Å². The van der Waals surface area contributed by atoms with E-state index in [0.29, 0.717) is 30.1 Å². The molecule has 4 rings (SSSR count). The lowest BCUT2D eigenvalue weighted by atomic mass is 9.96. The quantitative estimate of drug-likeness (QED) is 0.674. The predicted octanol–water partition coefficient (Wildman–Crippen LogP) is 2.53. The number of nitrogens with one attached hydrogen (secondary N) is 2. The smallest absolute Gasteiger partial charge is 0.326 e. The van der Waals surface area contributed by atoms with Crippen LogP contribution < -0.4 is 15.7 Å². The van der Waals surface area contributed by atoms with Crippen molar-refractivity contribution in [3.05, 3.63) is 58.1 Å². The maximum Gasteiger partial charge on any atom is 0.326 e. The van der Waals surface area contributed by atoms with Crippen molar-refractivity contribution in [2.24, 2.45) is 7.05 Å². The van der Waals surface area contributed by atoms with Crippen molar-refractivity contribution in [1.82, 2.24) is 19.9 Å². The molecule has 1 aliphatic rings. The monoisotopic (exact) mass is 410 g/mol. The number of H-pyrrole nitrogens is 1. The summed E-state index contributed by atoms with van der Waals surface area (Å²) in [4.78, 5) is 31.3. The summed E-state index contributed by atoms with van der Waals surface area (Å²) in [6.07, 6.45) is 3.47. The van der Waals surface area contributed by atoms with Gasteiger partial charge in [-0.15, -0.1) is 0 Å². The molecule has 1 fully saturated rings. The molecule has 2 N–H and O–H groups in total. The fraction of sp³-hybridized carbons (Fsp3) is 0.409. The third-order valence-electron chi connectivity index (χ3n) is 5.36. The number of hydrogen-bond donors (Lipinski definition) is 2. The second-order valence-electron chi connectivity index (χ2n) is 8.25. The lowest BCUT2D eigenvalue weighted by Gasteiger charge is -2.35. The van der Waals surface area contributed by atoms with Crippen LogP contribution in [0.4, 0.5) is 0 Å². The van der Waals surface area contributed by atoms with E-state index in [1.807, 2.05) is 12.1 Å². The molecule has 1 unspecified atom stereocenters. The SMILES string of the molecule is Cn1c(=O)[nH]c2cc(C(=O)NCc3ccc(OC4CCOC(C)(C)C4)nc3)ccc21. The predicted molar refractivity (Wildman–Crippen MR) is 113 cm³/mol. The maximum atomic E-state index is 12.5. The van der Waals surface area contributed by atoms with Crippen molar-refractivity contribution >= 4 is 16.9 Å². The van der Waals surface area contributed by atoms with Crippen molar-refractivity contribution < 1.29 is 14.3 Å². The summed E-state index contributed by atoms with van der Waals surface area (Å²) in [5.41, 5.74) is 2.36. The first-order chi connectivity index (χ1) is 14.3. The first-order valence-electron chi connectivity index (χ1n) is 10.0. The molecule has 0 saturated carbocycles. The van der Waals surface area contributed by atoms with E-state index < -0.39 is 0 Å². The Morgan fingerprint density at radius 1 is 1.37 bits per heavy atom. The molecule has 0 spiro atoms. The van der Waals surface area contributed by atoms with Gasteiger partial charge in [0.25, 0.3) is 5.91 Å². The zero-order valence-corrected chi connectivity index (χ0v) is 17.4. The average molecular weight is 410 g/mol. The van der Waals surface area contributed by atoms with Gasteiger partial charge in [0.1, 0.15) is 6.10 Å². The molecule has 1 saturated heterocycles. The van der Waals surface area contributed by atoms with Crippen LogP contribution >= 0.6 is 0 Å². The molecular weight excluding hydrogens is 384 g/mol. The van der Waals surface area contributed by atoms with Gasteiger partial charge in [0.2, 0.25) is 5.88 Å². The fourth-order valence-corrected chi connectivity index (χ4v) is 3.70. The van der Waals surface area contributed by atoms with Gasteiger partial charge in [-0.25, -0.2) is 9.78 Å². The Balaban J connectivity index is 1.34. The van der Waals surface area contributed by atoms with E-state index in [9.17, 15) is 9.59 Å². The first kappa shape index (κ1) is 20.2. The Labute approximate surface area is 174 Å². The molecule has 1 atom stereocenters. The number of aromatic nitrogens is 3. The van der Waals surface area contributed by atoms with E-state index >= 15 is 0 Å². The minimum atomic E-state index is -0.216. The standard InChI is InChI=1S/C22H26N4O4/c1-22(2)11-16(8-9-29-22)30-19-7-4-14(12-23-19)13-24-20(27)15-5-6-18-17(10-15)25-21(28)26(18)3/h4-7,10,12,16H,8-9,11,13H2,1-3H3,(H,24,27)(H,25,28). The molecule has 1 aromatic carbocycles. The second-order valence-corrected chi connectivity index (χ2v) is 8.25. The Morgan fingerprint density at radius 3 is 2.93 bits per heavy atom. The van der Waals surface area contributed by atoms with Crippen LogP contribution in [-0.4, -0.2) is 38.8 Å². The lowest BCUT2D eigenvalue weighted by Crippen LogP contribution is -2.39.